The second-order valence-corrected chi connectivity index (χ2v) is 4.62. The lowest BCUT2D eigenvalue weighted by Gasteiger charge is -2.15. The van der Waals surface area contributed by atoms with E-state index in [1.807, 2.05) is 5.38 Å². The Kier molecular flexibility index (Phi) is 2.27. The number of fused-ring (bicyclic) bond motifs is 1. The van der Waals surface area contributed by atoms with Crippen LogP contribution in [0.15, 0.2) is 5.38 Å². The Morgan fingerprint density at radius 1 is 1.27 bits per heavy atom. The van der Waals surface area contributed by atoms with Crippen molar-refractivity contribution in [1.82, 2.24) is 8.75 Å². The zero-order valence-corrected chi connectivity index (χ0v) is 9.79. The molecule has 0 aromatic carbocycles. The summed E-state index contributed by atoms with van der Waals surface area (Å²) in [5.74, 6) is 1.51. The Morgan fingerprint density at radius 3 is 2.93 bits per heavy atom. The predicted molar refractivity (Wildman–Crippen MR) is 59.2 cm³/mol. The average Bonchev–Trinajstić information content (AvgIpc) is 2.83. The number of halogens is 1. The summed E-state index contributed by atoms with van der Waals surface area (Å²) in [5, 5.41) is 2.32. The lowest BCUT2D eigenvalue weighted by atomic mass is 10.3. The van der Waals surface area contributed by atoms with Crippen LogP contribution in [0.5, 0.6) is 11.5 Å². The van der Waals surface area contributed by atoms with Crippen LogP contribution in [0.1, 0.15) is 0 Å². The molecular formula is C8H5ClN2O2S2. The van der Waals surface area contributed by atoms with Crippen molar-refractivity contribution < 1.29 is 9.47 Å². The molecule has 0 N–H and O–H groups in total. The van der Waals surface area contributed by atoms with Crippen LogP contribution in [0.2, 0.25) is 5.15 Å². The molecule has 7 heteroatoms. The Morgan fingerprint density at radius 2 is 2.13 bits per heavy atom. The first-order valence-corrected chi connectivity index (χ1v) is 6.20. The molecule has 15 heavy (non-hydrogen) atoms. The Hall–Kier alpha value is -0.850. The lowest BCUT2D eigenvalue weighted by Crippen LogP contribution is -2.14. The summed E-state index contributed by atoms with van der Waals surface area (Å²) in [6, 6.07) is 0. The Labute approximate surface area is 98.7 Å². The van der Waals surface area contributed by atoms with Crippen LogP contribution in [-0.4, -0.2) is 22.0 Å². The second kappa shape index (κ2) is 3.62. The molecule has 3 rings (SSSR count). The summed E-state index contributed by atoms with van der Waals surface area (Å²) in [5.41, 5.74) is 0.679. The molecule has 0 bridgehead atoms. The smallest absolute Gasteiger partial charge is 0.181 e. The number of ether oxygens (including phenoxy) is 2. The number of nitrogens with zero attached hydrogens (tertiary/aromatic N) is 2. The van der Waals surface area contributed by atoms with Gasteiger partial charge in [-0.15, -0.1) is 11.3 Å². The van der Waals surface area contributed by atoms with Gasteiger partial charge in [0.05, 0.1) is 11.7 Å². The number of aromatic nitrogens is 2. The van der Waals surface area contributed by atoms with Crippen LogP contribution in [-0.2, 0) is 0 Å². The van der Waals surface area contributed by atoms with E-state index in [0.29, 0.717) is 24.1 Å². The normalized spacial score (nSPS) is 14.2. The van der Waals surface area contributed by atoms with Gasteiger partial charge in [-0.05, 0) is 0 Å². The van der Waals surface area contributed by atoms with Crippen molar-refractivity contribution in [2.24, 2.45) is 0 Å². The summed E-state index contributed by atoms with van der Waals surface area (Å²) in [6.45, 7) is 1.15. The summed E-state index contributed by atoms with van der Waals surface area (Å²) < 4.78 is 19.0. The minimum atomic E-state index is 0.416. The van der Waals surface area contributed by atoms with Crippen molar-refractivity contribution in [3.63, 3.8) is 0 Å². The summed E-state index contributed by atoms with van der Waals surface area (Å²) in [6.07, 6.45) is 0. The molecule has 0 spiro atoms. The largest absolute Gasteiger partial charge is 0.485 e. The molecule has 0 radical (unpaired) electrons. The Balaban J connectivity index is 2.13. The van der Waals surface area contributed by atoms with E-state index in [-0.39, 0.29) is 0 Å². The maximum absolute atomic E-state index is 5.92. The fraction of sp³-hybridized carbons (Fsp3) is 0.250. The van der Waals surface area contributed by atoms with Crippen LogP contribution in [0.25, 0.3) is 10.6 Å². The molecule has 0 saturated carbocycles. The van der Waals surface area contributed by atoms with Crippen LogP contribution in [0.4, 0.5) is 0 Å². The fourth-order valence-electron chi connectivity index (χ4n) is 1.34. The molecule has 1 aliphatic heterocycles. The van der Waals surface area contributed by atoms with E-state index >= 15 is 0 Å². The summed E-state index contributed by atoms with van der Waals surface area (Å²) >= 11 is 8.52. The number of hydrogen-bond donors (Lipinski definition) is 0. The molecule has 2 aromatic rings. The van der Waals surface area contributed by atoms with Gasteiger partial charge >= 0.3 is 0 Å². The van der Waals surface area contributed by atoms with Gasteiger partial charge in [0.1, 0.15) is 23.8 Å². The van der Waals surface area contributed by atoms with Gasteiger partial charge < -0.3 is 9.47 Å². The minimum absolute atomic E-state index is 0.416. The molecule has 0 atom stereocenters. The first kappa shape index (κ1) is 9.38. The predicted octanol–water partition coefficient (Wildman–Crippen LogP) is 2.69. The van der Waals surface area contributed by atoms with E-state index in [1.54, 1.807) is 0 Å². The van der Waals surface area contributed by atoms with Gasteiger partial charge in [-0.2, -0.15) is 8.75 Å². The van der Waals surface area contributed by atoms with Crippen LogP contribution in [0.3, 0.4) is 0 Å². The zero-order valence-electron chi connectivity index (χ0n) is 7.40. The summed E-state index contributed by atoms with van der Waals surface area (Å²) in [7, 11) is 0. The van der Waals surface area contributed by atoms with Gasteiger partial charge in [-0.3, -0.25) is 0 Å². The van der Waals surface area contributed by atoms with Crippen LogP contribution in [0, 0.1) is 0 Å². The van der Waals surface area contributed by atoms with E-state index in [4.69, 9.17) is 21.1 Å². The van der Waals surface area contributed by atoms with Crippen molar-refractivity contribution in [1.29, 1.82) is 0 Å². The molecule has 2 aromatic heterocycles. The third-order valence-electron chi connectivity index (χ3n) is 1.96. The third kappa shape index (κ3) is 1.49. The standard InChI is InChI=1S/C8H5ClN2O2S2/c9-8-5(10-15-11-8)7-6-4(3-14-7)12-1-2-13-6/h3H,1-2H2. The van der Waals surface area contributed by atoms with E-state index in [9.17, 15) is 0 Å². The van der Waals surface area contributed by atoms with E-state index in [1.165, 1.54) is 11.3 Å². The van der Waals surface area contributed by atoms with Gasteiger partial charge in [-0.25, -0.2) is 0 Å². The van der Waals surface area contributed by atoms with E-state index < -0.39 is 0 Å². The first-order valence-electron chi connectivity index (χ1n) is 4.22. The molecule has 0 unspecified atom stereocenters. The quantitative estimate of drug-likeness (QED) is 0.791. The van der Waals surface area contributed by atoms with E-state index in [0.717, 1.165) is 28.1 Å². The minimum Gasteiger partial charge on any atom is -0.485 e. The first-order chi connectivity index (χ1) is 7.36. The van der Waals surface area contributed by atoms with Gasteiger partial charge in [-0.1, -0.05) is 11.6 Å². The van der Waals surface area contributed by atoms with Crippen molar-refractivity contribution in [2.75, 3.05) is 13.2 Å². The highest BCUT2D eigenvalue weighted by Crippen LogP contribution is 2.46. The van der Waals surface area contributed by atoms with Gasteiger partial charge in [0.15, 0.2) is 16.7 Å². The highest BCUT2D eigenvalue weighted by molar-refractivity contribution is 7.14. The topological polar surface area (TPSA) is 44.2 Å². The van der Waals surface area contributed by atoms with Crippen LogP contribution < -0.4 is 9.47 Å². The molecule has 3 heterocycles. The van der Waals surface area contributed by atoms with Gasteiger partial charge in [0, 0.05) is 5.38 Å². The zero-order chi connectivity index (χ0) is 10.3. The molecular weight excluding hydrogens is 256 g/mol. The number of hydrogen-bond acceptors (Lipinski definition) is 6. The number of rotatable bonds is 1. The molecule has 0 fully saturated rings. The average molecular weight is 261 g/mol. The van der Waals surface area contributed by atoms with Crippen molar-refractivity contribution >= 4 is 34.7 Å². The molecule has 1 aliphatic rings. The Bertz CT molecular complexity index is 497. The van der Waals surface area contributed by atoms with Crippen molar-refractivity contribution in [3.8, 4) is 22.1 Å². The van der Waals surface area contributed by atoms with Crippen molar-refractivity contribution in [3.05, 3.63) is 10.5 Å². The molecule has 4 nitrogen and oxygen atoms in total. The molecule has 0 aliphatic carbocycles. The van der Waals surface area contributed by atoms with Crippen LogP contribution >= 0.6 is 34.7 Å². The molecule has 0 amide bonds. The van der Waals surface area contributed by atoms with E-state index in [2.05, 4.69) is 8.75 Å². The van der Waals surface area contributed by atoms with Gasteiger partial charge in [0.25, 0.3) is 0 Å². The third-order valence-corrected chi connectivity index (χ3v) is 3.80. The maximum Gasteiger partial charge on any atom is 0.181 e. The second-order valence-electron chi connectivity index (χ2n) is 2.86. The molecule has 78 valence electrons. The monoisotopic (exact) mass is 260 g/mol. The summed E-state index contributed by atoms with van der Waals surface area (Å²) in [4.78, 5) is 0.892. The maximum atomic E-state index is 5.92. The molecule has 0 saturated heterocycles. The highest BCUT2D eigenvalue weighted by Gasteiger charge is 2.23. The highest BCUT2D eigenvalue weighted by atomic mass is 35.5. The lowest BCUT2D eigenvalue weighted by molar-refractivity contribution is 0.174. The van der Waals surface area contributed by atoms with Gasteiger partial charge in [0.2, 0.25) is 0 Å². The SMILES string of the molecule is Clc1nsnc1-c1scc2c1OCCO2. The number of thiophene rings is 1. The van der Waals surface area contributed by atoms with Crippen molar-refractivity contribution in [2.45, 2.75) is 0 Å². The fourth-order valence-corrected chi connectivity index (χ4v) is 3.11.